The fourth-order valence-corrected chi connectivity index (χ4v) is 7.43. The van der Waals surface area contributed by atoms with Crippen LogP contribution >= 0.6 is 0 Å². The zero-order valence-electron chi connectivity index (χ0n) is 43.6. The highest BCUT2D eigenvalue weighted by atomic mass is 16.6. The molecule has 0 heterocycles. The zero-order chi connectivity index (χ0) is 49.2. The fraction of sp³-hybridized carbons (Fsp3) is 0.678. The van der Waals surface area contributed by atoms with Crippen LogP contribution in [-0.2, 0) is 28.6 Å². The van der Waals surface area contributed by atoms with Crippen molar-refractivity contribution in [1.29, 1.82) is 0 Å². The van der Waals surface area contributed by atoms with Crippen LogP contribution in [0.2, 0.25) is 0 Å². The van der Waals surface area contributed by atoms with Gasteiger partial charge in [-0.3, -0.25) is 9.59 Å². The summed E-state index contributed by atoms with van der Waals surface area (Å²) >= 11 is 0. The molecule has 0 amide bonds. The van der Waals surface area contributed by atoms with Gasteiger partial charge in [-0.25, -0.2) is 4.79 Å². The summed E-state index contributed by atoms with van der Waals surface area (Å²) in [4.78, 5) is 37.2. The van der Waals surface area contributed by atoms with Crippen molar-refractivity contribution in [2.45, 2.75) is 219 Å². The highest BCUT2D eigenvalue weighted by Gasteiger charge is 2.31. The van der Waals surface area contributed by atoms with Crippen LogP contribution in [0, 0.1) is 0 Å². The van der Waals surface area contributed by atoms with E-state index in [1.807, 2.05) is 21.1 Å². The number of ether oxygens (including phenoxy) is 3. The number of carbonyl (C=O) groups excluding carboxylic acids is 2. The third kappa shape index (κ3) is 47.1. The van der Waals surface area contributed by atoms with Crippen molar-refractivity contribution in [1.82, 2.24) is 0 Å². The van der Waals surface area contributed by atoms with Crippen LogP contribution in [0.1, 0.15) is 206 Å². The van der Waals surface area contributed by atoms with Crippen LogP contribution in [0.15, 0.2) is 97.2 Å². The van der Waals surface area contributed by atoms with Crippen molar-refractivity contribution < 1.29 is 38.2 Å². The number of hydrogen-bond acceptors (Lipinski definition) is 6. The van der Waals surface area contributed by atoms with Gasteiger partial charge in [0.15, 0.2) is 12.1 Å². The molecule has 8 nitrogen and oxygen atoms in total. The number of nitrogens with zero attached hydrogens (tertiary/aromatic N) is 1. The minimum atomic E-state index is -0.882. The maximum Gasteiger partial charge on any atom is 0.362 e. The molecule has 2 unspecified atom stereocenters. The molecule has 0 rings (SSSR count). The van der Waals surface area contributed by atoms with Crippen molar-refractivity contribution in [3.63, 3.8) is 0 Å². The number of carboxylic acid groups (broad SMARTS) is 1. The molecule has 0 aromatic heterocycles. The van der Waals surface area contributed by atoms with Crippen LogP contribution in [0.5, 0.6) is 0 Å². The van der Waals surface area contributed by atoms with Crippen LogP contribution in [0.4, 0.5) is 0 Å². The molecular formula is C59H100NO7+. The maximum absolute atomic E-state index is 12.8. The molecule has 0 aromatic rings. The monoisotopic (exact) mass is 935 g/mol. The zero-order valence-corrected chi connectivity index (χ0v) is 43.6. The average Bonchev–Trinajstić information content (AvgIpc) is 3.29. The molecule has 0 bridgehead atoms. The van der Waals surface area contributed by atoms with Gasteiger partial charge in [0.05, 0.1) is 34.4 Å². The molecule has 0 saturated carbocycles. The summed E-state index contributed by atoms with van der Waals surface area (Å²) in [6.45, 7) is 4.49. The summed E-state index contributed by atoms with van der Waals surface area (Å²) in [6.07, 6.45) is 66.1. The van der Waals surface area contributed by atoms with Crippen LogP contribution in [0.3, 0.4) is 0 Å². The number of rotatable bonds is 47. The molecule has 0 aliphatic heterocycles. The van der Waals surface area contributed by atoms with Crippen molar-refractivity contribution in [2.75, 3.05) is 41.0 Å². The summed E-state index contributed by atoms with van der Waals surface area (Å²) in [6, 6.07) is -0.626. The molecule has 0 fully saturated rings. The third-order valence-corrected chi connectivity index (χ3v) is 11.5. The fourth-order valence-electron chi connectivity index (χ4n) is 7.43. The van der Waals surface area contributed by atoms with E-state index in [9.17, 15) is 19.5 Å². The molecule has 1 N–H and O–H groups in total. The Kier molecular flexibility index (Phi) is 46.0. The first-order valence-corrected chi connectivity index (χ1v) is 26.8. The van der Waals surface area contributed by atoms with Crippen molar-refractivity contribution >= 4 is 17.9 Å². The number of esters is 2. The summed E-state index contributed by atoms with van der Waals surface area (Å²) in [5, 5.41) is 9.67. The molecule has 0 aromatic carbocycles. The molecular weight excluding hydrogens is 835 g/mol. The van der Waals surface area contributed by atoms with E-state index in [-0.39, 0.29) is 36.2 Å². The number of carboxylic acids is 1. The summed E-state index contributed by atoms with van der Waals surface area (Å²) in [5.74, 6) is -1.51. The molecule has 67 heavy (non-hydrogen) atoms. The van der Waals surface area contributed by atoms with E-state index in [0.29, 0.717) is 19.3 Å². The highest BCUT2D eigenvalue weighted by molar-refractivity contribution is 5.72. The SMILES string of the molecule is CC/C=C/C/C=C/C/C=C/C/C=C/C/C=C/C/C=C/CCCCCC(=O)OCC(COCCC(C(=O)O)[N+](C)(C)C)OC(=O)CCCCCCCCCCCCCCCC/C=C/C/C=C/CC. The second-order valence-electron chi connectivity index (χ2n) is 18.7. The van der Waals surface area contributed by atoms with Crippen molar-refractivity contribution in [3.05, 3.63) is 97.2 Å². The second kappa shape index (κ2) is 48.7. The largest absolute Gasteiger partial charge is 0.477 e. The number of hydrogen-bond donors (Lipinski definition) is 1. The van der Waals surface area contributed by atoms with Gasteiger partial charge < -0.3 is 23.8 Å². The van der Waals surface area contributed by atoms with Gasteiger partial charge in [0.2, 0.25) is 0 Å². The van der Waals surface area contributed by atoms with Gasteiger partial charge in [-0.15, -0.1) is 0 Å². The van der Waals surface area contributed by atoms with E-state index in [0.717, 1.165) is 96.3 Å². The lowest BCUT2D eigenvalue weighted by molar-refractivity contribution is -0.887. The molecule has 8 heteroatoms. The number of carbonyl (C=O) groups is 3. The maximum atomic E-state index is 12.8. The van der Waals surface area contributed by atoms with E-state index in [2.05, 4.69) is 111 Å². The third-order valence-electron chi connectivity index (χ3n) is 11.5. The minimum Gasteiger partial charge on any atom is -0.477 e. The quantitative estimate of drug-likeness (QED) is 0.0281. The van der Waals surface area contributed by atoms with Gasteiger partial charge >= 0.3 is 17.9 Å². The van der Waals surface area contributed by atoms with Crippen LogP contribution in [-0.4, -0.2) is 80.6 Å². The Balaban J connectivity index is 4.29. The van der Waals surface area contributed by atoms with Gasteiger partial charge in [0.25, 0.3) is 0 Å². The summed E-state index contributed by atoms with van der Waals surface area (Å²) < 4.78 is 17.3. The first-order valence-electron chi connectivity index (χ1n) is 26.8. The first-order chi connectivity index (χ1) is 32.6. The summed E-state index contributed by atoms with van der Waals surface area (Å²) in [5.41, 5.74) is 0. The smallest absolute Gasteiger partial charge is 0.362 e. The van der Waals surface area contributed by atoms with Crippen molar-refractivity contribution in [3.8, 4) is 0 Å². The lowest BCUT2D eigenvalue weighted by Crippen LogP contribution is -2.50. The Bertz CT molecular complexity index is 1410. The Morgan fingerprint density at radius 1 is 0.448 bits per heavy atom. The lowest BCUT2D eigenvalue weighted by atomic mass is 10.0. The topological polar surface area (TPSA) is 99.1 Å². The number of allylic oxidation sites excluding steroid dienone is 16. The summed E-state index contributed by atoms with van der Waals surface area (Å²) in [7, 11) is 5.52. The predicted octanol–water partition coefficient (Wildman–Crippen LogP) is 15.8. The molecule has 0 aliphatic rings. The predicted molar refractivity (Wildman–Crippen MR) is 284 cm³/mol. The minimum absolute atomic E-state index is 0.0455. The highest BCUT2D eigenvalue weighted by Crippen LogP contribution is 2.15. The van der Waals surface area contributed by atoms with Gasteiger partial charge in [-0.1, -0.05) is 195 Å². The Morgan fingerprint density at radius 2 is 0.791 bits per heavy atom. The molecule has 0 aliphatic carbocycles. The number of quaternary nitrogens is 1. The van der Waals surface area contributed by atoms with Gasteiger partial charge in [0.1, 0.15) is 6.61 Å². The Hall–Kier alpha value is -3.75. The van der Waals surface area contributed by atoms with Crippen LogP contribution < -0.4 is 0 Å². The van der Waals surface area contributed by atoms with Gasteiger partial charge in [-0.2, -0.15) is 0 Å². The standard InChI is InChI=1S/C59H99NO7/c1-6-8-10-12-14-16-18-20-22-24-26-28-30-31-33-35-37-39-41-43-45-47-49-57(61)66-54-55(53-65-52-51-56(59(63)64)60(3,4)5)67-58(62)50-48-46-44-42-40-38-36-34-32-29-27-25-23-21-19-17-15-13-11-9-7-2/h8-11,14-17,20,22,26,28,31,33,37,39,55-56H,6-7,12-13,18-19,21,23-25,27,29-30,32,34-36,38,40-54H2,1-5H3/p+1/b10-8+,11-9+,16-14+,17-15+,22-20+,28-26+,33-31+,39-37+. The number of likely N-dealkylation sites (N-methyl/N-ethyl adjacent to an activating group) is 1. The van der Waals surface area contributed by atoms with Crippen LogP contribution in [0.25, 0.3) is 0 Å². The molecule has 0 radical (unpaired) electrons. The van der Waals surface area contributed by atoms with Gasteiger partial charge in [-0.05, 0) is 89.9 Å². The number of unbranched alkanes of at least 4 members (excludes halogenated alkanes) is 17. The lowest BCUT2D eigenvalue weighted by Gasteiger charge is -2.31. The Morgan fingerprint density at radius 3 is 1.18 bits per heavy atom. The average molecular weight is 935 g/mol. The first kappa shape index (κ1) is 63.2. The molecule has 0 spiro atoms. The van der Waals surface area contributed by atoms with Gasteiger partial charge in [0, 0.05) is 19.3 Å². The van der Waals surface area contributed by atoms with E-state index in [1.165, 1.54) is 77.0 Å². The van der Waals surface area contributed by atoms with E-state index in [4.69, 9.17) is 14.2 Å². The second-order valence-corrected chi connectivity index (χ2v) is 18.7. The van der Waals surface area contributed by atoms with E-state index < -0.39 is 18.1 Å². The normalized spacial score (nSPS) is 13.6. The molecule has 382 valence electrons. The molecule has 2 atom stereocenters. The Labute approximate surface area is 411 Å². The molecule has 0 saturated heterocycles. The van der Waals surface area contributed by atoms with E-state index in [1.54, 1.807) is 0 Å². The number of aliphatic carboxylic acids is 1. The van der Waals surface area contributed by atoms with E-state index >= 15 is 0 Å². The van der Waals surface area contributed by atoms with Crippen molar-refractivity contribution in [2.24, 2.45) is 0 Å².